The summed E-state index contributed by atoms with van der Waals surface area (Å²) in [5.74, 6) is 0.766. The zero-order valence-corrected chi connectivity index (χ0v) is 29.4. The van der Waals surface area contributed by atoms with Crippen LogP contribution in [0, 0.1) is 0 Å². The number of hydrogen-bond acceptors (Lipinski definition) is 3. The van der Waals surface area contributed by atoms with Gasteiger partial charge in [-0.25, -0.2) is 0 Å². The summed E-state index contributed by atoms with van der Waals surface area (Å²) >= 11 is 0. The van der Waals surface area contributed by atoms with Crippen LogP contribution < -0.4 is 0 Å². The normalized spacial score (nSPS) is 18.9. The largest absolute Gasteiger partial charge is 0.256 e. The number of rotatable bonds is 9. The summed E-state index contributed by atoms with van der Waals surface area (Å²) in [4.78, 5) is 16.1. The van der Waals surface area contributed by atoms with Gasteiger partial charge >= 0.3 is 0 Å². The van der Waals surface area contributed by atoms with E-state index in [1.165, 1.54) is 52.6 Å². The fraction of sp³-hybridized carbons (Fsp3) is 0.500. The second-order valence-electron chi connectivity index (χ2n) is 11.4. The van der Waals surface area contributed by atoms with Crippen LogP contribution >= 0.6 is 23.8 Å². The van der Waals surface area contributed by atoms with Crippen molar-refractivity contribution in [3.8, 4) is 0 Å². The third kappa shape index (κ3) is 8.45. The van der Waals surface area contributed by atoms with Crippen LogP contribution in [0.15, 0.2) is 54.6 Å². The van der Waals surface area contributed by atoms with Gasteiger partial charge in [0.1, 0.15) is 0 Å². The molecule has 0 amide bonds. The average molecular weight is 724 g/mol. The van der Waals surface area contributed by atoms with Gasteiger partial charge in [0.15, 0.2) is 0 Å². The molecule has 0 atom stereocenters. The molecule has 4 heterocycles. The summed E-state index contributed by atoms with van der Waals surface area (Å²) in [6.45, 7) is 14.5. The van der Waals surface area contributed by atoms with Crippen LogP contribution in [0.3, 0.4) is 0 Å². The minimum absolute atomic E-state index is 0. The molecule has 0 saturated heterocycles. The van der Waals surface area contributed by atoms with E-state index in [1.54, 1.807) is 0 Å². The zero-order chi connectivity index (χ0) is 25.7. The first-order chi connectivity index (χ1) is 17.3. The van der Waals surface area contributed by atoms with Gasteiger partial charge in [-0.15, -0.1) is 0 Å². The maximum Gasteiger partial charge on any atom is 0.0576 e. The molecular formula is C30H45N3P3W+3. The van der Waals surface area contributed by atoms with Crippen molar-refractivity contribution in [2.75, 3.05) is 58.5 Å². The van der Waals surface area contributed by atoms with Gasteiger partial charge in [-0.1, -0.05) is 18.2 Å². The van der Waals surface area contributed by atoms with Crippen molar-refractivity contribution in [3.63, 3.8) is 0 Å². The molecule has 0 radical (unpaired) electrons. The standard InChI is InChI=1S/C30H42N3P3.W/c1-34(2)19-16-22-25-10-7-12-27(31-25)23(17-20-35(3)4)29-14-9-15-30(33-29)24(18-21-36(5)6)28-13-8-11-26(22)32-28;/h7-15,22-24H,16-21H2,1-6H3;/p+3. The molecule has 1 aliphatic rings. The van der Waals surface area contributed by atoms with E-state index in [4.69, 9.17) is 15.0 Å². The zero-order valence-electron chi connectivity index (χ0n) is 23.4. The van der Waals surface area contributed by atoms with Gasteiger partial charge in [0.25, 0.3) is 0 Å². The average Bonchev–Trinajstić information content (AvgIpc) is 2.84. The van der Waals surface area contributed by atoms with Gasteiger partial charge in [-0.05, 0) is 79.4 Å². The molecule has 0 spiro atoms. The first-order valence-corrected chi connectivity index (χ1v) is 21.7. The Kier molecular flexibility index (Phi) is 12.3. The molecule has 4 rings (SSSR count). The SMILES string of the molecule is C[PH+](C)CCC1c2cccc(n2)C(CC[PH+](C)C)c2cccc(n2)C(CC[PH+](C)C)c2cccc1n2.[W]. The minimum atomic E-state index is -0.323. The Balaban J connectivity index is 0.00000380. The van der Waals surface area contributed by atoms with Crippen LogP contribution in [-0.2, 0) is 21.1 Å². The predicted molar refractivity (Wildman–Crippen MR) is 167 cm³/mol. The van der Waals surface area contributed by atoms with Gasteiger partial charge in [0, 0.05) is 113 Å². The molecule has 0 aliphatic carbocycles. The van der Waals surface area contributed by atoms with Crippen LogP contribution in [0.4, 0.5) is 0 Å². The summed E-state index contributed by atoms with van der Waals surface area (Å²) in [5.41, 5.74) is 7.11. The topological polar surface area (TPSA) is 38.7 Å². The Morgan fingerprint density at radius 1 is 0.459 bits per heavy atom. The first kappa shape index (κ1) is 31.0. The minimum Gasteiger partial charge on any atom is -0.256 e. The Morgan fingerprint density at radius 3 is 0.865 bits per heavy atom. The van der Waals surface area contributed by atoms with E-state index in [1.807, 2.05) is 0 Å². The van der Waals surface area contributed by atoms with Crippen LogP contribution in [0.25, 0.3) is 0 Å². The van der Waals surface area contributed by atoms with Crippen molar-refractivity contribution < 1.29 is 21.1 Å². The summed E-state index contributed by atoms with van der Waals surface area (Å²) in [6, 6.07) is 20.1. The molecule has 0 fully saturated rings. The van der Waals surface area contributed by atoms with Crippen LogP contribution in [0.1, 0.15) is 71.2 Å². The molecule has 0 saturated carbocycles. The Morgan fingerprint density at radius 2 is 0.676 bits per heavy atom. The van der Waals surface area contributed by atoms with E-state index in [0.29, 0.717) is 0 Å². The molecule has 3 aromatic heterocycles. The molecule has 0 unspecified atom stereocenters. The van der Waals surface area contributed by atoms with E-state index >= 15 is 0 Å². The fourth-order valence-corrected chi connectivity index (χ4v) is 7.81. The van der Waals surface area contributed by atoms with Crippen LogP contribution in [0.2, 0.25) is 0 Å². The first-order valence-electron chi connectivity index (χ1n) is 13.6. The van der Waals surface area contributed by atoms with Crippen molar-refractivity contribution in [1.82, 2.24) is 15.0 Å². The Hall–Kier alpha value is -0.572. The third-order valence-electron chi connectivity index (χ3n) is 7.32. The molecular weight excluding hydrogens is 679 g/mol. The summed E-state index contributed by atoms with van der Waals surface area (Å²) in [5, 5.41) is 0. The molecule has 198 valence electrons. The van der Waals surface area contributed by atoms with Crippen molar-refractivity contribution in [3.05, 3.63) is 88.8 Å². The summed E-state index contributed by atoms with van der Waals surface area (Å²) in [6.07, 6.45) is 7.20. The number of pyridine rings is 3. The van der Waals surface area contributed by atoms with Gasteiger partial charge in [0.05, 0.1) is 18.5 Å². The van der Waals surface area contributed by atoms with Gasteiger partial charge in [-0.2, -0.15) is 0 Å². The number of nitrogens with zero attached hydrogens (tertiary/aromatic N) is 3. The second kappa shape index (κ2) is 14.7. The van der Waals surface area contributed by atoms with E-state index in [9.17, 15) is 0 Å². The van der Waals surface area contributed by atoms with E-state index < -0.39 is 0 Å². The van der Waals surface area contributed by atoms with Gasteiger partial charge < -0.3 is 0 Å². The summed E-state index contributed by atoms with van der Waals surface area (Å²) in [7, 11) is -0.970. The van der Waals surface area contributed by atoms with Gasteiger partial charge in [0.2, 0.25) is 0 Å². The smallest absolute Gasteiger partial charge is 0.0576 e. The monoisotopic (exact) mass is 724 g/mol. The van der Waals surface area contributed by atoms with Crippen LogP contribution in [-0.4, -0.2) is 73.4 Å². The number of hydrogen-bond donors (Lipinski definition) is 0. The molecule has 3 aromatic rings. The van der Waals surface area contributed by atoms with Crippen LogP contribution in [0.5, 0.6) is 0 Å². The van der Waals surface area contributed by atoms with Crippen molar-refractivity contribution in [1.29, 1.82) is 0 Å². The van der Waals surface area contributed by atoms with E-state index in [-0.39, 0.29) is 62.6 Å². The van der Waals surface area contributed by atoms with Crippen molar-refractivity contribution in [2.45, 2.75) is 37.0 Å². The fourth-order valence-electron chi connectivity index (χ4n) is 5.21. The number of aromatic nitrogens is 3. The molecule has 3 nitrogen and oxygen atoms in total. The van der Waals surface area contributed by atoms with Gasteiger partial charge in [-0.3, -0.25) is 15.0 Å². The van der Waals surface area contributed by atoms with Crippen molar-refractivity contribution >= 4 is 23.8 Å². The van der Waals surface area contributed by atoms with E-state index in [0.717, 1.165) is 19.3 Å². The second-order valence-corrected chi connectivity index (χ2v) is 20.1. The van der Waals surface area contributed by atoms with E-state index in [2.05, 4.69) is 94.6 Å². The quantitative estimate of drug-likeness (QED) is 0.220. The molecule has 37 heavy (non-hydrogen) atoms. The predicted octanol–water partition coefficient (Wildman–Crippen LogP) is 7.17. The molecule has 0 aromatic carbocycles. The maximum absolute atomic E-state index is 5.36. The Bertz CT molecular complexity index is 939. The number of fused-ring (bicyclic) bond motifs is 6. The molecule has 6 bridgehead atoms. The Labute approximate surface area is 243 Å². The molecule has 1 aliphatic heterocycles. The maximum atomic E-state index is 5.36. The van der Waals surface area contributed by atoms with Crippen molar-refractivity contribution in [2.24, 2.45) is 0 Å². The summed E-state index contributed by atoms with van der Waals surface area (Å²) < 4.78 is 0. The molecule has 7 heteroatoms. The third-order valence-corrected chi connectivity index (χ3v) is 11.2. The molecule has 0 N–H and O–H groups in total.